The van der Waals surface area contributed by atoms with E-state index in [2.05, 4.69) is 36.2 Å². The summed E-state index contributed by atoms with van der Waals surface area (Å²) in [5, 5.41) is 0.998. The van der Waals surface area contributed by atoms with Gasteiger partial charge in [0, 0.05) is 17.1 Å². The van der Waals surface area contributed by atoms with Crippen molar-refractivity contribution in [2.24, 2.45) is 5.73 Å². The number of benzene rings is 1. The van der Waals surface area contributed by atoms with Crippen LogP contribution in [0, 0.1) is 6.92 Å². The third-order valence-corrected chi connectivity index (χ3v) is 3.49. The molecule has 0 fully saturated rings. The van der Waals surface area contributed by atoms with Gasteiger partial charge in [-0.3, -0.25) is 0 Å². The molecule has 0 aliphatic heterocycles. The third-order valence-electron chi connectivity index (χ3n) is 2.53. The molecule has 0 aliphatic rings. The second kappa shape index (κ2) is 5.34. The molecule has 2 N–H and O–H groups in total. The first kappa shape index (κ1) is 12.1. The standard InChI is InChI=1S/C14H16N2S/c1-10-3-6-13(7-4-10)17-14-8-5-12(9-16-14)11(2)15/h3-9,11H,15H2,1-2H3/t11-/m0/s1. The molecule has 0 spiro atoms. The Hall–Kier alpha value is -1.32. The topological polar surface area (TPSA) is 38.9 Å². The van der Waals surface area contributed by atoms with Crippen LogP contribution < -0.4 is 5.73 Å². The van der Waals surface area contributed by atoms with Gasteiger partial charge in [0.05, 0.1) is 0 Å². The summed E-state index contributed by atoms with van der Waals surface area (Å²) in [6.45, 7) is 4.05. The number of pyridine rings is 1. The van der Waals surface area contributed by atoms with Crippen molar-refractivity contribution in [2.45, 2.75) is 29.8 Å². The largest absolute Gasteiger partial charge is 0.324 e. The minimum absolute atomic E-state index is 0.0425. The highest BCUT2D eigenvalue weighted by molar-refractivity contribution is 7.99. The van der Waals surface area contributed by atoms with Crippen LogP contribution in [0.5, 0.6) is 0 Å². The van der Waals surface area contributed by atoms with Gasteiger partial charge in [0.2, 0.25) is 0 Å². The van der Waals surface area contributed by atoms with Crippen LogP contribution in [0.15, 0.2) is 52.5 Å². The number of nitrogens with two attached hydrogens (primary N) is 1. The molecule has 2 rings (SSSR count). The zero-order valence-corrected chi connectivity index (χ0v) is 10.9. The van der Waals surface area contributed by atoms with Gasteiger partial charge in [0.25, 0.3) is 0 Å². The van der Waals surface area contributed by atoms with Crippen LogP contribution >= 0.6 is 11.8 Å². The maximum atomic E-state index is 5.79. The molecule has 0 unspecified atom stereocenters. The van der Waals surface area contributed by atoms with E-state index in [1.807, 2.05) is 25.3 Å². The quantitative estimate of drug-likeness (QED) is 0.897. The number of hydrogen-bond acceptors (Lipinski definition) is 3. The maximum Gasteiger partial charge on any atom is 0.101 e. The van der Waals surface area contributed by atoms with E-state index in [0.717, 1.165) is 10.6 Å². The lowest BCUT2D eigenvalue weighted by Crippen LogP contribution is -2.04. The minimum Gasteiger partial charge on any atom is -0.324 e. The summed E-state index contributed by atoms with van der Waals surface area (Å²) in [4.78, 5) is 5.61. The summed E-state index contributed by atoms with van der Waals surface area (Å²) in [7, 11) is 0. The molecule has 0 radical (unpaired) electrons. The van der Waals surface area contributed by atoms with Gasteiger partial charge >= 0.3 is 0 Å². The molecule has 0 aliphatic carbocycles. The molecule has 2 nitrogen and oxygen atoms in total. The predicted octanol–water partition coefficient (Wildman–Crippen LogP) is 3.56. The highest BCUT2D eigenvalue weighted by Gasteiger charge is 2.02. The fourth-order valence-electron chi connectivity index (χ4n) is 1.45. The van der Waals surface area contributed by atoms with Gasteiger partial charge in [-0.05, 0) is 37.6 Å². The Labute approximate surface area is 106 Å². The Morgan fingerprint density at radius 1 is 1.12 bits per heavy atom. The maximum absolute atomic E-state index is 5.79. The van der Waals surface area contributed by atoms with Crippen LogP contribution in [-0.4, -0.2) is 4.98 Å². The van der Waals surface area contributed by atoms with Gasteiger partial charge in [-0.15, -0.1) is 0 Å². The van der Waals surface area contributed by atoms with E-state index in [1.165, 1.54) is 10.5 Å². The molecule has 17 heavy (non-hydrogen) atoms. The molecule has 0 amide bonds. The highest BCUT2D eigenvalue weighted by Crippen LogP contribution is 2.26. The summed E-state index contributed by atoms with van der Waals surface area (Å²) < 4.78 is 0. The summed E-state index contributed by atoms with van der Waals surface area (Å²) in [5.74, 6) is 0. The summed E-state index contributed by atoms with van der Waals surface area (Å²) in [6.07, 6.45) is 1.85. The molecule has 1 atom stereocenters. The zero-order chi connectivity index (χ0) is 12.3. The molecule has 3 heteroatoms. The Balaban J connectivity index is 2.11. The van der Waals surface area contributed by atoms with Gasteiger partial charge in [-0.1, -0.05) is 35.5 Å². The average molecular weight is 244 g/mol. The van der Waals surface area contributed by atoms with E-state index in [-0.39, 0.29) is 6.04 Å². The Morgan fingerprint density at radius 3 is 2.35 bits per heavy atom. The van der Waals surface area contributed by atoms with Crippen LogP contribution in [0.3, 0.4) is 0 Å². The van der Waals surface area contributed by atoms with Crippen molar-refractivity contribution in [3.8, 4) is 0 Å². The molecule has 1 aromatic carbocycles. The van der Waals surface area contributed by atoms with E-state index in [9.17, 15) is 0 Å². The lowest BCUT2D eigenvalue weighted by molar-refractivity contribution is 0.806. The van der Waals surface area contributed by atoms with E-state index in [1.54, 1.807) is 11.8 Å². The fourth-order valence-corrected chi connectivity index (χ4v) is 2.20. The van der Waals surface area contributed by atoms with Crippen LogP contribution in [0.1, 0.15) is 24.1 Å². The molecule has 2 aromatic rings. The molecule has 0 saturated heterocycles. The van der Waals surface area contributed by atoms with E-state index in [4.69, 9.17) is 5.73 Å². The number of nitrogens with zero attached hydrogens (tertiary/aromatic N) is 1. The van der Waals surface area contributed by atoms with Crippen molar-refractivity contribution >= 4 is 11.8 Å². The summed E-state index contributed by atoms with van der Waals surface area (Å²) in [5.41, 5.74) is 8.13. The van der Waals surface area contributed by atoms with Gasteiger partial charge in [-0.25, -0.2) is 4.98 Å². The van der Waals surface area contributed by atoms with E-state index in [0.29, 0.717) is 0 Å². The second-order valence-electron chi connectivity index (χ2n) is 4.13. The van der Waals surface area contributed by atoms with Crippen molar-refractivity contribution in [1.29, 1.82) is 0 Å². The Kier molecular flexibility index (Phi) is 3.82. The molecular weight excluding hydrogens is 228 g/mol. The normalized spacial score (nSPS) is 12.4. The predicted molar refractivity (Wildman–Crippen MR) is 72.1 cm³/mol. The average Bonchev–Trinajstić information content (AvgIpc) is 2.33. The SMILES string of the molecule is Cc1ccc(Sc2ccc([C@H](C)N)cn2)cc1. The lowest BCUT2D eigenvalue weighted by Gasteiger charge is -2.06. The molecule has 1 heterocycles. The lowest BCUT2D eigenvalue weighted by atomic mass is 10.2. The molecule has 1 aromatic heterocycles. The van der Waals surface area contributed by atoms with Crippen molar-refractivity contribution in [2.75, 3.05) is 0 Å². The Morgan fingerprint density at radius 2 is 1.82 bits per heavy atom. The Bertz CT molecular complexity index is 475. The second-order valence-corrected chi connectivity index (χ2v) is 5.23. The first-order valence-corrected chi connectivity index (χ1v) is 6.43. The number of aryl methyl sites for hydroxylation is 1. The van der Waals surface area contributed by atoms with Crippen molar-refractivity contribution in [1.82, 2.24) is 4.98 Å². The molecular formula is C14H16N2S. The fraction of sp³-hybridized carbons (Fsp3) is 0.214. The van der Waals surface area contributed by atoms with Crippen LogP contribution in [0.25, 0.3) is 0 Å². The van der Waals surface area contributed by atoms with Crippen molar-refractivity contribution in [3.63, 3.8) is 0 Å². The van der Waals surface area contributed by atoms with Crippen LogP contribution in [0.4, 0.5) is 0 Å². The molecule has 88 valence electrons. The number of aromatic nitrogens is 1. The van der Waals surface area contributed by atoms with Crippen molar-refractivity contribution in [3.05, 3.63) is 53.7 Å². The first-order chi connectivity index (χ1) is 8.15. The number of rotatable bonds is 3. The number of hydrogen-bond donors (Lipinski definition) is 1. The van der Waals surface area contributed by atoms with Crippen LogP contribution in [0.2, 0.25) is 0 Å². The third kappa shape index (κ3) is 3.32. The molecule has 0 saturated carbocycles. The van der Waals surface area contributed by atoms with Crippen molar-refractivity contribution < 1.29 is 0 Å². The van der Waals surface area contributed by atoms with Gasteiger partial charge in [0.1, 0.15) is 5.03 Å². The summed E-state index contributed by atoms with van der Waals surface area (Å²) in [6, 6.07) is 12.5. The monoisotopic (exact) mass is 244 g/mol. The highest BCUT2D eigenvalue weighted by atomic mass is 32.2. The smallest absolute Gasteiger partial charge is 0.101 e. The van der Waals surface area contributed by atoms with Crippen LogP contribution in [-0.2, 0) is 0 Å². The zero-order valence-electron chi connectivity index (χ0n) is 10.1. The van der Waals surface area contributed by atoms with Gasteiger partial charge in [0.15, 0.2) is 0 Å². The minimum atomic E-state index is 0.0425. The van der Waals surface area contributed by atoms with Gasteiger partial charge < -0.3 is 5.73 Å². The van der Waals surface area contributed by atoms with Gasteiger partial charge in [-0.2, -0.15) is 0 Å². The van der Waals surface area contributed by atoms with E-state index >= 15 is 0 Å². The summed E-state index contributed by atoms with van der Waals surface area (Å²) >= 11 is 1.66. The molecule has 0 bridgehead atoms. The first-order valence-electron chi connectivity index (χ1n) is 5.61. The van der Waals surface area contributed by atoms with E-state index < -0.39 is 0 Å².